The van der Waals surface area contributed by atoms with Gasteiger partial charge >= 0.3 is 5.56 Å². The number of hydrogen-bond donors (Lipinski definition) is 2. The van der Waals surface area contributed by atoms with E-state index in [-0.39, 0.29) is 24.7 Å². The van der Waals surface area contributed by atoms with Gasteiger partial charge in [0.25, 0.3) is 5.88 Å². The molecule has 2 heterocycles. The Balaban J connectivity index is 1.99. The molecule has 0 aliphatic carbocycles. The summed E-state index contributed by atoms with van der Waals surface area (Å²) in [6.07, 6.45) is 0.946. The molecule has 0 radical (unpaired) electrons. The van der Waals surface area contributed by atoms with Crippen molar-refractivity contribution in [2.24, 2.45) is 0 Å². The Labute approximate surface area is 147 Å². The molecule has 0 saturated carbocycles. The summed E-state index contributed by atoms with van der Waals surface area (Å²) in [5, 5.41) is 18.5. The minimum atomic E-state index is -0.635. The Kier molecular flexibility index (Phi) is 5.11. The summed E-state index contributed by atoms with van der Waals surface area (Å²) in [5.74, 6) is 0.497. The zero-order valence-electron chi connectivity index (χ0n) is 15.1. The van der Waals surface area contributed by atoms with Crippen LogP contribution in [0.2, 0.25) is 0 Å². The number of nitrogens with zero attached hydrogens (tertiary/aromatic N) is 2. The van der Waals surface area contributed by atoms with Gasteiger partial charge in [-0.1, -0.05) is 6.92 Å². The van der Waals surface area contributed by atoms with Crippen LogP contribution in [-0.2, 0) is 6.54 Å². The van der Waals surface area contributed by atoms with Crippen LogP contribution in [0.3, 0.4) is 0 Å². The summed E-state index contributed by atoms with van der Waals surface area (Å²) >= 11 is 0. The largest absolute Gasteiger partial charge is 0.474 e. The highest BCUT2D eigenvalue weighted by molar-refractivity contribution is 5.82. The van der Waals surface area contributed by atoms with Crippen molar-refractivity contribution in [3.8, 4) is 5.88 Å². The number of aryl methyl sites for hydroxylation is 2. The zero-order valence-corrected chi connectivity index (χ0v) is 15.1. The van der Waals surface area contributed by atoms with Gasteiger partial charge < -0.3 is 19.5 Å². The average molecular weight is 346 g/mol. The van der Waals surface area contributed by atoms with E-state index < -0.39 is 6.10 Å². The lowest BCUT2D eigenvalue weighted by Crippen LogP contribution is -2.29. The van der Waals surface area contributed by atoms with Crippen LogP contribution in [0.1, 0.15) is 48.8 Å². The van der Waals surface area contributed by atoms with Gasteiger partial charge in [-0.15, -0.1) is 0 Å². The number of ether oxygens (including phenoxy) is 1. The van der Waals surface area contributed by atoms with Crippen molar-refractivity contribution in [3.63, 3.8) is 0 Å². The summed E-state index contributed by atoms with van der Waals surface area (Å²) in [7, 11) is 0. The van der Waals surface area contributed by atoms with Crippen molar-refractivity contribution < 1.29 is 14.9 Å². The summed E-state index contributed by atoms with van der Waals surface area (Å²) in [5.41, 5.74) is 5.12. The van der Waals surface area contributed by atoms with E-state index in [2.05, 4.69) is 25.8 Å². The van der Waals surface area contributed by atoms with E-state index in [0.29, 0.717) is 25.3 Å². The topological polar surface area (TPSA) is 84.6 Å². The number of aliphatic hydroxyl groups excluding tert-OH is 2. The zero-order chi connectivity index (χ0) is 18.1. The first-order chi connectivity index (χ1) is 11.9. The Morgan fingerprint density at radius 3 is 2.88 bits per heavy atom. The van der Waals surface area contributed by atoms with E-state index in [1.807, 2.05) is 6.07 Å². The fraction of sp³-hybridized carbons (Fsp3) is 0.579. The molecule has 0 fully saturated rings. The van der Waals surface area contributed by atoms with E-state index >= 15 is 0 Å². The maximum absolute atomic E-state index is 12.8. The van der Waals surface area contributed by atoms with Crippen molar-refractivity contribution in [2.45, 2.75) is 58.6 Å². The highest BCUT2D eigenvalue weighted by Gasteiger charge is 2.25. The summed E-state index contributed by atoms with van der Waals surface area (Å²) in [6.45, 7) is 7.16. The molecule has 1 aromatic carbocycles. The van der Waals surface area contributed by atoms with Gasteiger partial charge in [0, 0.05) is 19.6 Å². The maximum Gasteiger partial charge on any atom is 0.313 e. The first-order valence-corrected chi connectivity index (χ1v) is 8.90. The van der Waals surface area contributed by atoms with E-state index in [0.717, 1.165) is 17.5 Å². The van der Waals surface area contributed by atoms with Gasteiger partial charge in [-0.2, -0.15) is 0 Å². The molecule has 3 rings (SSSR count). The summed E-state index contributed by atoms with van der Waals surface area (Å²) < 4.78 is 7.36. The monoisotopic (exact) mass is 346 g/mol. The average Bonchev–Trinajstić information content (AvgIpc) is 2.57. The van der Waals surface area contributed by atoms with Crippen molar-refractivity contribution >= 4 is 11.0 Å². The Hall–Kier alpha value is -1.92. The summed E-state index contributed by atoms with van der Waals surface area (Å²) in [4.78, 5) is 17.2. The Morgan fingerprint density at radius 2 is 2.16 bits per heavy atom. The lowest BCUT2D eigenvalue weighted by molar-refractivity contribution is 0.107. The lowest BCUT2D eigenvalue weighted by Gasteiger charge is -2.27. The van der Waals surface area contributed by atoms with Gasteiger partial charge in [-0.25, -0.2) is 4.98 Å². The first-order valence-electron chi connectivity index (χ1n) is 8.90. The normalized spacial score (nSPS) is 17.7. The van der Waals surface area contributed by atoms with E-state index in [9.17, 15) is 9.90 Å². The molecule has 2 N–H and O–H groups in total. The lowest BCUT2D eigenvalue weighted by atomic mass is 9.87. The highest BCUT2D eigenvalue weighted by Crippen LogP contribution is 2.35. The predicted molar refractivity (Wildman–Crippen MR) is 96.3 cm³/mol. The maximum atomic E-state index is 12.8. The second-order valence-electron chi connectivity index (χ2n) is 6.97. The molecule has 2 atom stereocenters. The minimum Gasteiger partial charge on any atom is -0.474 e. The molecular weight excluding hydrogens is 320 g/mol. The van der Waals surface area contributed by atoms with E-state index in [4.69, 9.17) is 9.84 Å². The van der Waals surface area contributed by atoms with Crippen LogP contribution in [-0.4, -0.2) is 39.1 Å². The molecule has 6 nitrogen and oxygen atoms in total. The molecule has 0 bridgehead atoms. The SMILES string of the molecule is Cc1cc2nc(OCCC(O)CCO)c(=O)n3c2c(c1C)C(C)CC3. The van der Waals surface area contributed by atoms with Crippen molar-refractivity contribution in [3.05, 3.63) is 33.1 Å². The number of rotatable bonds is 6. The smallest absolute Gasteiger partial charge is 0.313 e. The molecule has 1 aliphatic heterocycles. The molecular formula is C19H26N2O4. The molecule has 0 spiro atoms. The van der Waals surface area contributed by atoms with Gasteiger partial charge in [0.2, 0.25) is 0 Å². The second kappa shape index (κ2) is 7.14. The van der Waals surface area contributed by atoms with Crippen LogP contribution in [0, 0.1) is 13.8 Å². The number of benzene rings is 1. The molecule has 25 heavy (non-hydrogen) atoms. The predicted octanol–water partition coefficient (Wildman–Crippen LogP) is 2.03. The van der Waals surface area contributed by atoms with Crippen LogP contribution in [0.15, 0.2) is 10.9 Å². The highest BCUT2D eigenvalue weighted by atomic mass is 16.5. The van der Waals surface area contributed by atoms with Crippen LogP contribution < -0.4 is 10.3 Å². The van der Waals surface area contributed by atoms with Gasteiger partial charge in [0.1, 0.15) is 0 Å². The first kappa shape index (κ1) is 17.9. The molecule has 136 valence electrons. The van der Waals surface area contributed by atoms with E-state index in [1.54, 1.807) is 4.57 Å². The molecule has 6 heteroatoms. The molecule has 1 aromatic heterocycles. The van der Waals surface area contributed by atoms with Crippen molar-refractivity contribution in [1.82, 2.24) is 9.55 Å². The quantitative estimate of drug-likeness (QED) is 0.836. The summed E-state index contributed by atoms with van der Waals surface area (Å²) in [6, 6.07) is 2.01. The van der Waals surface area contributed by atoms with Gasteiger partial charge in [-0.05, 0) is 55.4 Å². The van der Waals surface area contributed by atoms with E-state index in [1.165, 1.54) is 16.7 Å². The molecule has 0 saturated heterocycles. The third kappa shape index (κ3) is 3.28. The van der Waals surface area contributed by atoms with Crippen molar-refractivity contribution in [2.75, 3.05) is 13.2 Å². The number of aliphatic hydroxyl groups is 2. The third-order valence-electron chi connectivity index (χ3n) is 5.20. The van der Waals surface area contributed by atoms with Crippen LogP contribution >= 0.6 is 0 Å². The van der Waals surface area contributed by atoms with Gasteiger partial charge in [0.15, 0.2) is 0 Å². The van der Waals surface area contributed by atoms with Crippen LogP contribution in [0.5, 0.6) is 5.88 Å². The third-order valence-corrected chi connectivity index (χ3v) is 5.20. The van der Waals surface area contributed by atoms with Crippen LogP contribution in [0.4, 0.5) is 0 Å². The van der Waals surface area contributed by atoms with Crippen molar-refractivity contribution in [1.29, 1.82) is 0 Å². The molecule has 1 aliphatic rings. The molecule has 2 unspecified atom stereocenters. The second-order valence-corrected chi connectivity index (χ2v) is 6.97. The Morgan fingerprint density at radius 1 is 1.40 bits per heavy atom. The fourth-order valence-electron chi connectivity index (χ4n) is 3.62. The van der Waals surface area contributed by atoms with Gasteiger partial charge in [-0.3, -0.25) is 4.79 Å². The number of aromatic nitrogens is 2. The molecule has 2 aromatic rings. The fourth-order valence-corrected chi connectivity index (χ4v) is 3.62. The minimum absolute atomic E-state index is 0.0677. The molecule has 0 amide bonds. The van der Waals surface area contributed by atoms with Gasteiger partial charge in [0.05, 0.1) is 23.7 Å². The standard InChI is InChI=1S/C19H26N2O4/c1-11-4-7-21-17-15(10-12(2)13(3)16(11)17)20-18(19(21)24)25-9-6-14(23)5-8-22/h10-11,14,22-23H,4-9H2,1-3H3. The number of hydrogen-bond acceptors (Lipinski definition) is 5. The Bertz CT molecular complexity index is 844. The van der Waals surface area contributed by atoms with Crippen LogP contribution in [0.25, 0.3) is 11.0 Å².